The molecule has 1 aliphatic heterocycles. The van der Waals surface area contributed by atoms with Gasteiger partial charge in [-0.05, 0) is 74.8 Å². The van der Waals surface area contributed by atoms with Crippen LogP contribution in [0.25, 0.3) is 0 Å². The first-order valence-electron chi connectivity index (χ1n) is 10.3. The summed E-state index contributed by atoms with van der Waals surface area (Å²) in [5.41, 5.74) is 9.91. The van der Waals surface area contributed by atoms with Crippen molar-refractivity contribution in [3.63, 3.8) is 0 Å². The average molecular weight is 402 g/mol. The van der Waals surface area contributed by atoms with E-state index in [-0.39, 0.29) is 0 Å². The molecule has 0 atom stereocenters. The highest BCUT2D eigenvalue weighted by Crippen LogP contribution is 2.30. The SMILES string of the molecule is Cc1cnc(N)c(C(=N)c2ccc(Oc3ccccc3)cc2)c1NC1CCNCC1. The molecule has 1 aliphatic rings. The van der Waals surface area contributed by atoms with E-state index in [0.717, 1.165) is 54.2 Å². The summed E-state index contributed by atoms with van der Waals surface area (Å²) in [7, 11) is 0. The van der Waals surface area contributed by atoms with E-state index in [2.05, 4.69) is 15.6 Å². The van der Waals surface area contributed by atoms with Crippen molar-refractivity contribution in [2.45, 2.75) is 25.8 Å². The van der Waals surface area contributed by atoms with Crippen molar-refractivity contribution in [3.05, 3.63) is 77.5 Å². The molecule has 1 fully saturated rings. The molecule has 1 aromatic heterocycles. The molecule has 6 heteroatoms. The number of nitrogen functional groups attached to an aromatic ring is 1. The number of aromatic nitrogens is 1. The number of aryl methyl sites for hydroxylation is 1. The van der Waals surface area contributed by atoms with Crippen LogP contribution in [0, 0.1) is 12.3 Å². The minimum absolute atomic E-state index is 0.353. The summed E-state index contributed by atoms with van der Waals surface area (Å²) in [6, 6.07) is 17.5. The summed E-state index contributed by atoms with van der Waals surface area (Å²) in [6.45, 7) is 3.99. The predicted molar refractivity (Wildman–Crippen MR) is 122 cm³/mol. The molecule has 0 aliphatic carbocycles. The number of benzene rings is 2. The Balaban J connectivity index is 1.58. The zero-order chi connectivity index (χ0) is 20.9. The molecule has 154 valence electrons. The molecule has 0 amide bonds. The fourth-order valence-electron chi connectivity index (χ4n) is 3.69. The topological polar surface area (TPSA) is 96.0 Å². The summed E-state index contributed by atoms with van der Waals surface area (Å²) in [5.74, 6) is 1.87. The van der Waals surface area contributed by atoms with Gasteiger partial charge in [0.05, 0.1) is 17.0 Å². The van der Waals surface area contributed by atoms with Crippen LogP contribution < -0.4 is 21.1 Å². The van der Waals surface area contributed by atoms with Gasteiger partial charge in [0, 0.05) is 17.8 Å². The first kappa shape index (κ1) is 19.9. The maximum absolute atomic E-state index is 8.84. The summed E-state index contributed by atoms with van der Waals surface area (Å²) in [4.78, 5) is 4.31. The van der Waals surface area contributed by atoms with Crippen LogP contribution in [-0.4, -0.2) is 29.8 Å². The fraction of sp³-hybridized carbons (Fsp3) is 0.250. The number of rotatable bonds is 6. The van der Waals surface area contributed by atoms with Crippen molar-refractivity contribution in [2.24, 2.45) is 0 Å². The van der Waals surface area contributed by atoms with Gasteiger partial charge >= 0.3 is 0 Å². The van der Waals surface area contributed by atoms with Crippen LogP contribution in [0.1, 0.15) is 29.5 Å². The molecule has 2 aromatic carbocycles. The Bertz CT molecular complexity index is 1010. The number of nitrogens with zero attached hydrogens (tertiary/aromatic N) is 1. The van der Waals surface area contributed by atoms with Crippen LogP contribution in [0.4, 0.5) is 11.5 Å². The number of nitrogens with two attached hydrogens (primary N) is 1. The number of pyridine rings is 1. The van der Waals surface area contributed by atoms with Gasteiger partial charge in [0.25, 0.3) is 0 Å². The lowest BCUT2D eigenvalue weighted by Crippen LogP contribution is -2.36. The highest BCUT2D eigenvalue weighted by atomic mass is 16.5. The van der Waals surface area contributed by atoms with E-state index in [9.17, 15) is 0 Å². The summed E-state index contributed by atoms with van der Waals surface area (Å²) < 4.78 is 5.86. The highest BCUT2D eigenvalue weighted by molar-refractivity contribution is 6.17. The van der Waals surface area contributed by atoms with E-state index in [1.165, 1.54) is 0 Å². The molecule has 30 heavy (non-hydrogen) atoms. The average Bonchev–Trinajstić information content (AvgIpc) is 2.78. The number of hydrogen-bond donors (Lipinski definition) is 4. The Hall–Kier alpha value is -3.38. The summed E-state index contributed by atoms with van der Waals surface area (Å²) in [5, 5.41) is 15.9. The monoisotopic (exact) mass is 401 g/mol. The van der Waals surface area contributed by atoms with Crippen molar-refractivity contribution in [1.82, 2.24) is 10.3 Å². The van der Waals surface area contributed by atoms with Gasteiger partial charge in [0.1, 0.15) is 17.3 Å². The Kier molecular flexibility index (Phi) is 5.95. The van der Waals surface area contributed by atoms with E-state index in [1.807, 2.05) is 61.5 Å². The van der Waals surface area contributed by atoms with Crippen LogP contribution in [0.15, 0.2) is 60.8 Å². The Morgan fingerprint density at radius 3 is 2.43 bits per heavy atom. The normalized spacial score (nSPS) is 14.3. The molecule has 0 bridgehead atoms. The molecule has 0 unspecified atom stereocenters. The van der Waals surface area contributed by atoms with Gasteiger partial charge < -0.3 is 21.1 Å². The van der Waals surface area contributed by atoms with E-state index in [1.54, 1.807) is 6.20 Å². The number of hydrogen-bond acceptors (Lipinski definition) is 6. The maximum atomic E-state index is 8.84. The zero-order valence-corrected chi connectivity index (χ0v) is 17.1. The number of ether oxygens (including phenoxy) is 1. The third-order valence-electron chi connectivity index (χ3n) is 5.36. The zero-order valence-electron chi connectivity index (χ0n) is 17.1. The van der Waals surface area contributed by atoms with Gasteiger partial charge in [-0.15, -0.1) is 0 Å². The fourth-order valence-corrected chi connectivity index (χ4v) is 3.69. The molecular weight excluding hydrogens is 374 g/mol. The van der Waals surface area contributed by atoms with E-state index in [0.29, 0.717) is 23.1 Å². The van der Waals surface area contributed by atoms with Gasteiger partial charge in [-0.1, -0.05) is 18.2 Å². The second kappa shape index (κ2) is 8.97. The van der Waals surface area contributed by atoms with Crippen LogP contribution >= 0.6 is 0 Å². The largest absolute Gasteiger partial charge is 0.457 e. The van der Waals surface area contributed by atoms with Gasteiger partial charge in [0.15, 0.2) is 0 Å². The molecule has 3 aromatic rings. The quantitative estimate of drug-likeness (QED) is 0.461. The highest BCUT2D eigenvalue weighted by Gasteiger charge is 2.21. The Morgan fingerprint density at radius 2 is 1.73 bits per heavy atom. The summed E-state index contributed by atoms with van der Waals surface area (Å²) >= 11 is 0. The molecule has 2 heterocycles. The third-order valence-corrected chi connectivity index (χ3v) is 5.36. The second-order valence-corrected chi connectivity index (χ2v) is 7.56. The minimum Gasteiger partial charge on any atom is -0.457 e. The first-order chi connectivity index (χ1) is 14.6. The van der Waals surface area contributed by atoms with Gasteiger partial charge in [-0.3, -0.25) is 5.41 Å². The molecule has 0 saturated carbocycles. The van der Waals surface area contributed by atoms with Crippen molar-refractivity contribution >= 4 is 17.2 Å². The molecule has 5 N–H and O–H groups in total. The Morgan fingerprint density at radius 1 is 1.07 bits per heavy atom. The molecule has 1 saturated heterocycles. The van der Waals surface area contributed by atoms with E-state index >= 15 is 0 Å². The molecule has 0 spiro atoms. The number of para-hydroxylation sites is 1. The van der Waals surface area contributed by atoms with Crippen LogP contribution in [0.2, 0.25) is 0 Å². The third kappa shape index (κ3) is 4.44. The lowest BCUT2D eigenvalue weighted by molar-refractivity contribution is 0.479. The first-order valence-corrected chi connectivity index (χ1v) is 10.3. The van der Waals surface area contributed by atoms with Gasteiger partial charge in [-0.2, -0.15) is 0 Å². The van der Waals surface area contributed by atoms with Crippen molar-refractivity contribution < 1.29 is 4.74 Å². The minimum atomic E-state index is 0.353. The lowest BCUT2D eigenvalue weighted by atomic mass is 9.98. The van der Waals surface area contributed by atoms with Crippen molar-refractivity contribution in [3.8, 4) is 11.5 Å². The maximum Gasteiger partial charge on any atom is 0.134 e. The number of anilines is 2. The molecular formula is C24H27N5O. The Labute approximate surface area is 177 Å². The number of nitrogens with one attached hydrogen (secondary N) is 3. The standard InChI is InChI=1S/C24H27N5O/c1-16-15-28-24(26)21(23(16)29-18-11-13-27-14-12-18)22(25)17-7-9-20(10-8-17)30-19-5-3-2-4-6-19/h2-10,15,18,25,27H,11-14H2,1H3,(H3,26,28,29). The van der Waals surface area contributed by atoms with Gasteiger partial charge in [0.2, 0.25) is 0 Å². The van der Waals surface area contributed by atoms with Crippen LogP contribution in [-0.2, 0) is 0 Å². The van der Waals surface area contributed by atoms with E-state index in [4.69, 9.17) is 15.9 Å². The van der Waals surface area contributed by atoms with Gasteiger partial charge in [-0.25, -0.2) is 4.98 Å². The van der Waals surface area contributed by atoms with Crippen LogP contribution in [0.5, 0.6) is 11.5 Å². The molecule has 0 radical (unpaired) electrons. The van der Waals surface area contributed by atoms with Crippen molar-refractivity contribution in [2.75, 3.05) is 24.1 Å². The smallest absolute Gasteiger partial charge is 0.134 e. The lowest BCUT2D eigenvalue weighted by Gasteiger charge is -2.27. The molecule has 4 rings (SSSR count). The predicted octanol–water partition coefficient (Wildman–Crippen LogP) is 4.34. The number of piperidine rings is 1. The van der Waals surface area contributed by atoms with E-state index < -0.39 is 0 Å². The second-order valence-electron chi connectivity index (χ2n) is 7.56. The van der Waals surface area contributed by atoms with Crippen LogP contribution in [0.3, 0.4) is 0 Å². The van der Waals surface area contributed by atoms with Crippen molar-refractivity contribution in [1.29, 1.82) is 5.41 Å². The summed E-state index contributed by atoms with van der Waals surface area (Å²) in [6.07, 6.45) is 3.85. The molecule has 6 nitrogen and oxygen atoms in total.